The van der Waals surface area contributed by atoms with Crippen molar-refractivity contribution in [1.82, 2.24) is 25.9 Å². The van der Waals surface area contributed by atoms with Crippen LogP contribution < -0.4 is 21.7 Å². The van der Waals surface area contributed by atoms with E-state index in [1.807, 2.05) is 13.8 Å². The average Bonchev–Trinajstić information content (AvgIpc) is 3.39. The van der Waals surface area contributed by atoms with E-state index in [0.29, 0.717) is 17.7 Å². The predicted octanol–water partition coefficient (Wildman–Crippen LogP) is -1.19. The van der Waals surface area contributed by atoms with Crippen molar-refractivity contribution in [2.24, 2.45) is 11.7 Å². The Morgan fingerprint density at radius 2 is 1.54 bits per heavy atom. The van der Waals surface area contributed by atoms with Crippen LogP contribution in [0.5, 0.6) is 5.75 Å². The van der Waals surface area contributed by atoms with Gasteiger partial charge in [-0.15, -0.1) is 0 Å². The van der Waals surface area contributed by atoms with Crippen LogP contribution >= 0.6 is 0 Å². The zero-order valence-corrected chi connectivity index (χ0v) is 20.7. The number of imidazole rings is 1. The van der Waals surface area contributed by atoms with E-state index >= 15 is 0 Å². The SMILES string of the molecule is CCC(C)C(N)C(=O)NC(Cc1cnc[nH]1)C(=O)NC(Cc1ccc(O)cc1)C(=O)NC(CO)C(=O)O. The smallest absolute Gasteiger partial charge is 0.328 e. The average molecular weight is 519 g/mol. The Labute approximate surface area is 213 Å². The van der Waals surface area contributed by atoms with Gasteiger partial charge in [0.1, 0.15) is 23.9 Å². The number of carbonyl (C=O) groups is 4. The minimum atomic E-state index is -1.58. The van der Waals surface area contributed by atoms with Gasteiger partial charge in [0.05, 0.1) is 19.0 Å². The Balaban J connectivity index is 2.28. The number of carbonyl (C=O) groups excluding carboxylic acids is 3. The number of phenols is 1. The summed E-state index contributed by atoms with van der Waals surface area (Å²) < 4.78 is 0. The third-order valence-electron chi connectivity index (χ3n) is 5.98. The van der Waals surface area contributed by atoms with Gasteiger partial charge in [-0.3, -0.25) is 14.4 Å². The van der Waals surface area contributed by atoms with Crippen molar-refractivity contribution < 1.29 is 34.5 Å². The molecule has 1 heterocycles. The Morgan fingerprint density at radius 3 is 2.05 bits per heavy atom. The third kappa shape index (κ3) is 8.88. The lowest BCUT2D eigenvalue weighted by molar-refractivity contribution is -0.143. The van der Waals surface area contributed by atoms with E-state index in [9.17, 15) is 34.5 Å². The number of carboxylic acid groups (broad SMARTS) is 1. The Bertz CT molecular complexity index is 1040. The summed E-state index contributed by atoms with van der Waals surface area (Å²) in [6, 6.07) is 1.03. The maximum absolute atomic E-state index is 13.3. The number of hydrogen-bond donors (Lipinski definition) is 8. The molecule has 0 aliphatic carbocycles. The highest BCUT2D eigenvalue weighted by Crippen LogP contribution is 2.12. The highest BCUT2D eigenvalue weighted by Gasteiger charge is 2.31. The molecule has 13 nitrogen and oxygen atoms in total. The van der Waals surface area contributed by atoms with Gasteiger partial charge >= 0.3 is 5.97 Å². The van der Waals surface area contributed by atoms with Gasteiger partial charge in [0.15, 0.2) is 0 Å². The number of aliphatic hydroxyl groups is 1. The van der Waals surface area contributed by atoms with Crippen LogP contribution in [0.3, 0.4) is 0 Å². The number of hydrogen-bond acceptors (Lipinski definition) is 8. The highest BCUT2D eigenvalue weighted by molar-refractivity contribution is 5.94. The summed E-state index contributed by atoms with van der Waals surface area (Å²) >= 11 is 0. The number of carboxylic acids is 1. The molecule has 37 heavy (non-hydrogen) atoms. The zero-order valence-electron chi connectivity index (χ0n) is 20.7. The van der Waals surface area contributed by atoms with E-state index in [-0.39, 0.29) is 24.5 Å². The molecule has 1 aromatic heterocycles. The summed E-state index contributed by atoms with van der Waals surface area (Å²) in [5, 5.41) is 35.4. The number of aliphatic carboxylic acids is 1. The molecular formula is C24H34N6O7. The van der Waals surface area contributed by atoms with Crippen LogP contribution in [0.15, 0.2) is 36.8 Å². The second-order valence-corrected chi connectivity index (χ2v) is 8.77. The van der Waals surface area contributed by atoms with Crippen molar-refractivity contribution >= 4 is 23.7 Å². The number of nitrogens with two attached hydrogens (primary N) is 1. The molecule has 5 unspecified atom stereocenters. The number of nitrogens with one attached hydrogen (secondary N) is 4. The molecule has 5 atom stereocenters. The molecule has 0 saturated carbocycles. The van der Waals surface area contributed by atoms with Crippen molar-refractivity contribution in [1.29, 1.82) is 0 Å². The molecule has 2 aromatic rings. The topological polar surface area (TPSA) is 220 Å². The monoisotopic (exact) mass is 518 g/mol. The first-order chi connectivity index (χ1) is 17.5. The van der Waals surface area contributed by atoms with E-state index in [0.717, 1.165) is 0 Å². The van der Waals surface area contributed by atoms with Gasteiger partial charge < -0.3 is 42.0 Å². The van der Waals surface area contributed by atoms with E-state index in [4.69, 9.17) is 5.73 Å². The van der Waals surface area contributed by atoms with Gasteiger partial charge in [-0.25, -0.2) is 9.78 Å². The number of H-pyrrole nitrogens is 1. The van der Waals surface area contributed by atoms with Crippen molar-refractivity contribution in [2.45, 2.75) is 57.3 Å². The van der Waals surface area contributed by atoms with Crippen LogP contribution in [0.2, 0.25) is 0 Å². The summed E-state index contributed by atoms with van der Waals surface area (Å²) in [5.74, 6) is -3.70. The first-order valence-electron chi connectivity index (χ1n) is 11.8. The van der Waals surface area contributed by atoms with Gasteiger partial charge in [0, 0.05) is 24.7 Å². The van der Waals surface area contributed by atoms with Crippen LogP contribution in [0.25, 0.3) is 0 Å². The summed E-state index contributed by atoms with van der Waals surface area (Å²) in [5.41, 5.74) is 7.13. The Hall–Kier alpha value is -3.97. The Kier molecular flexibility index (Phi) is 11.0. The third-order valence-corrected chi connectivity index (χ3v) is 5.98. The van der Waals surface area contributed by atoms with Crippen LogP contribution in [0, 0.1) is 5.92 Å². The van der Waals surface area contributed by atoms with Crippen LogP contribution in [-0.4, -0.2) is 79.8 Å². The van der Waals surface area contributed by atoms with Crippen LogP contribution in [0.1, 0.15) is 31.5 Å². The molecular weight excluding hydrogens is 484 g/mol. The summed E-state index contributed by atoms with van der Waals surface area (Å²) in [6.07, 6.45) is 3.51. The van der Waals surface area contributed by atoms with Crippen LogP contribution in [-0.2, 0) is 32.0 Å². The molecule has 0 spiro atoms. The fourth-order valence-electron chi connectivity index (χ4n) is 3.41. The van der Waals surface area contributed by atoms with E-state index < -0.39 is 54.5 Å². The highest BCUT2D eigenvalue weighted by atomic mass is 16.4. The van der Waals surface area contributed by atoms with Crippen molar-refractivity contribution in [3.63, 3.8) is 0 Å². The molecule has 13 heteroatoms. The Morgan fingerprint density at radius 1 is 0.973 bits per heavy atom. The molecule has 202 valence electrons. The number of benzene rings is 1. The minimum Gasteiger partial charge on any atom is -0.508 e. The summed E-state index contributed by atoms with van der Waals surface area (Å²) in [4.78, 5) is 57.1. The fraction of sp³-hybridized carbons (Fsp3) is 0.458. The maximum atomic E-state index is 13.3. The predicted molar refractivity (Wildman–Crippen MR) is 132 cm³/mol. The number of aromatic amines is 1. The number of aromatic nitrogens is 2. The summed E-state index contributed by atoms with van der Waals surface area (Å²) in [7, 11) is 0. The lowest BCUT2D eigenvalue weighted by Crippen LogP contribution is -2.59. The molecule has 1 aromatic carbocycles. The number of phenolic OH excluding ortho intramolecular Hbond substituents is 1. The normalized spacial score (nSPS) is 15.0. The molecule has 3 amide bonds. The maximum Gasteiger partial charge on any atom is 0.328 e. The first-order valence-corrected chi connectivity index (χ1v) is 11.8. The largest absolute Gasteiger partial charge is 0.508 e. The van der Waals surface area contributed by atoms with Crippen molar-refractivity contribution in [3.8, 4) is 5.75 Å². The molecule has 0 aliphatic heterocycles. The molecule has 0 bridgehead atoms. The molecule has 0 fully saturated rings. The number of nitrogens with zero attached hydrogens (tertiary/aromatic N) is 1. The first kappa shape index (κ1) is 29.3. The van der Waals surface area contributed by atoms with E-state index in [2.05, 4.69) is 25.9 Å². The second kappa shape index (κ2) is 13.9. The van der Waals surface area contributed by atoms with Crippen LogP contribution in [0.4, 0.5) is 0 Å². The number of rotatable bonds is 14. The number of amides is 3. The van der Waals surface area contributed by atoms with Gasteiger partial charge in [-0.2, -0.15) is 0 Å². The van der Waals surface area contributed by atoms with E-state index in [1.54, 1.807) is 0 Å². The van der Waals surface area contributed by atoms with Crippen molar-refractivity contribution in [3.05, 3.63) is 48.0 Å². The molecule has 2 rings (SSSR count). The van der Waals surface area contributed by atoms with Gasteiger partial charge in [-0.05, 0) is 23.6 Å². The fourth-order valence-corrected chi connectivity index (χ4v) is 3.41. The van der Waals surface area contributed by atoms with Gasteiger partial charge in [0.2, 0.25) is 17.7 Å². The zero-order chi connectivity index (χ0) is 27.5. The second-order valence-electron chi connectivity index (χ2n) is 8.77. The van der Waals surface area contributed by atoms with E-state index in [1.165, 1.54) is 36.8 Å². The van der Waals surface area contributed by atoms with Crippen molar-refractivity contribution in [2.75, 3.05) is 6.61 Å². The standard InChI is InChI=1S/C24H34N6O7/c1-3-13(2)20(25)23(35)29-18(9-15-10-26-12-27-15)22(34)28-17(8-14-4-6-16(32)7-5-14)21(33)30-19(11-31)24(36)37/h4-7,10,12-13,17-20,31-32H,3,8-9,11,25H2,1-2H3,(H,26,27)(H,28,34)(H,29,35)(H,30,33)(H,36,37). The lowest BCUT2D eigenvalue weighted by atomic mass is 9.98. The molecule has 9 N–H and O–H groups in total. The molecule has 0 aliphatic rings. The number of aromatic hydroxyl groups is 1. The number of aliphatic hydroxyl groups excluding tert-OH is 1. The summed E-state index contributed by atoms with van der Waals surface area (Å²) in [6.45, 7) is 2.84. The van der Waals surface area contributed by atoms with Gasteiger partial charge in [0.25, 0.3) is 0 Å². The lowest BCUT2D eigenvalue weighted by Gasteiger charge is -2.26. The quantitative estimate of drug-likeness (QED) is 0.150. The van der Waals surface area contributed by atoms with Gasteiger partial charge in [-0.1, -0.05) is 32.4 Å². The molecule has 0 radical (unpaired) electrons. The minimum absolute atomic E-state index is 0.0000102. The molecule has 0 saturated heterocycles.